The number of carbonyl (C=O) groups is 1. The molecule has 0 bridgehead atoms. The average Bonchev–Trinajstić information content (AvgIpc) is 2.53. The smallest absolute Gasteiger partial charge is 0.296 e. The summed E-state index contributed by atoms with van der Waals surface area (Å²) in [6.45, 7) is 7.97. The van der Waals surface area contributed by atoms with E-state index >= 15 is 0 Å². The Morgan fingerprint density at radius 3 is 2.61 bits per heavy atom. The van der Waals surface area contributed by atoms with Crippen molar-refractivity contribution < 1.29 is 9.53 Å². The van der Waals surface area contributed by atoms with Crippen molar-refractivity contribution in [2.45, 2.75) is 38.9 Å². The number of unbranched alkanes of at least 4 members (excludes halogenated alkanes) is 1. The molecule has 1 N–H and O–H groups in total. The molecule has 1 amide bonds. The van der Waals surface area contributed by atoms with Crippen LogP contribution in [0.2, 0.25) is 0 Å². The van der Waals surface area contributed by atoms with Crippen LogP contribution in [-0.2, 0) is 9.53 Å². The van der Waals surface area contributed by atoms with Crippen LogP contribution in [0.4, 0.5) is 0 Å². The van der Waals surface area contributed by atoms with Gasteiger partial charge in [-0.15, -0.1) is 0 Å². The average molecular weight is 314 g/mol. The minimum absolute atomic E-state index is 0.206. The zero-order chi connectivity index (χ0) is 16.5. The molecule has 0 aliphatic carbocycles. The molecule has 0 unspecified atom stereocenters. The van der Waals surface area contributed by atoms with Crippen LogP contribution in [-0.4, -0.2) is 49.2 Å². The SMILES string of the molecule is C[C@@H]1CN(CCCCNC(=O)C#Cc2ccccc2)C[C@@H](C)O1. The standard InChI is InChI=1S/C19H26N2O2/c1-16-14-21(15-17(2)23-16)13-7-6-12-20-19(22)11-10-18-8-4-3-5-9-18/h3-5,8-9,16-17H,6-7,12-15H2,1-2H3,(H,20,22)/t16-,17-/m1/s1. The lowest BCUT2D eigenvalue weighted by Gasteiger charge is -2.35. The van der Waals surface area contributed by atoms with Gasteiger partial charge in [0.25, 0.3) is 5.91 Å². The predicted octanol–water partition coefficient (Wildman–Crippen LogP) is 2.04. The first kappa shape index (κ1) is 17.5. The summed E-state index contributed by atoms with van der Waals surface area (Å²) in [6, 6.07) is 9.54. The summed E-state index contributed by atoms with van der Waals surface area (Å²) in [5.41, 5.74) is 0.859. The minimum atomic E-state index is -0.206. The van der Waals surface area contributed by atoms with Crippen LogP contribution in [0.5, 0.6) is 0 Å². The largest absolute Gasteiger partial charge is 0.373 e. The van der Waals surface area contributed by atoms with Crippen molar-refractivity contribution in [2.75, 3.05) is 26.2 Å². The van der Waals surface area contributed by atoms with Crippen LogP contribution in [0.15, 0.2) is 30.3 Å². The molecule has 2 rings (SSSR count). The highest BCUT2D eigenvalue weighted by Crippen LogP contribution is 2.11. The number of morpholine rings is 1. The second-order valence-corrected chi connectivity index (χ2v) is 6.10. The van der Waals surface area contributed by atoms with Crippen molar-refractivity contribution in [1.29, 1.82) is 0 Å². The van der Waals surface area contributed by atoms with Crippen LogP contribution < -0.4 is 5.32 Å². The molecule has 1 aliphatic rings. The third kappa shape index (κ3) is 6.85. The van der Waals surface area contributed by atoms with E-state index in [-0.39, 0.29) is 5.91 Å². The fraction of sp³-hybridized carbons (Fsp3) is 0.526. The summed E-state index contributed by atoms with van der Waals surface area (Å²) >= 11 is 0. The van der Waals surface area contributed by atoms with E-state index in [9.17, 15) is 4.79 Å². The molecule has 1 aliphatic heterocycles. The maximum absolute atomic E-state index is 11.7. The lowest BCUT2D eigenvalue weighted by atomic mass is 10.2. The van der Waals surface area contributed by atoms with E-state index in [0.717, 1.165) is 38.0 Å². The van der Waals surface area contributed by atoms with Gasteiger partial charge >= 0.3 is 0 Å². The number of nitrogens with zero attached hydrogens (tertiary/aromatic N) is 1. The molecule has 0 saturated carbocycles. The first-order chi connectivity index (χ1) is 11.1. The van der Waals surface area contributed by atoms with E-state index in [0.29, 0.717) is 18.8 Å². The maximum Gasteiger partial charge on any atom is 0.296 e. The van der Waals surface area contributed by atoms with Gasteiger partial charge in [-0.2, -0.15) is 0 Å². The fourth-order valence-electron chi connectivity index (χ4n) is 2.82. The van der Waals surface area contributed by atoms with Gasteiger partial charge in [-0.1, -0.05) is 24.1 Å². The number of hydrogen-bond donors (Lipinski definition) is 1. The van der Waals surface area contributed by atoms with Gasteiger partial charge in [-0.3, -0.25) is 9.69 Å². The molecule has 4 nitrogen and oxygen atoms in total. The normalized spacial score (nSPS) is 21.3. The number of rotatable bonds is 5. The Morgan fingerprint density at radius 1 is 1.22 bits per heavy atom. The zero-order valence-corrected chi connectivity index (χ0v) is 14.0. The van der Waals surface area contributed by atoms with Crippen molar-refractivity contribution in [3.8, 4) is 11.8 Å². The van der Waals surface area contributed by atoms with Gasteiger partial charge in [0.15, 0.2) is 0 Å². The number of benzene rings is 1. The Bertz CT molecular complexity index is 537. The van der Waals surface area contributed by atoms with E-state index in [1.807, 2.05) is 30.3 Å². The molecule has 23 heavy (non-hydrogen) atoms. The second-order valence-electron chi connectivity index (χ2n) is 6.10. The monoisotopic (exact) mass is 314 g/mol. The third-order valence-electron chi connectivity index (χ3n) is 3.78. The van der Waals surface area contributed by atoms with Crippen molar-refractivity contribution in [3.05, 3.63) is 35.9 Å². The Labute approximate surface area is 139 Å². The highest BCUT2D eigenvalue weighted by Gasteiger charge is 2.21. The Morgan fingerprint density at radius 2 is 1.91 bits per heavy atom. The van der Waals surface area contributed by atoms with Crippen LogP contribution in [0.1, 0.15) is 32.3 Å². The van der Waals surface area contributed by atoms with Gasteiger partial charge < -0.3 is 10.1 Å². The van der Waals surface area contributed by atoms with Crippen molar-refractivity contribution in [2.24, 2.45) is 0 Å². The minimum Gasteiger partial charge on any atom is -0.373 e. The molecule has 4 heteroatoms. The lowest BCUT2D eigenvalue weighted by molar-refractivity contribution is -0.115. The third-order valence-corrected chi connectivity index (χ3v) is 3.78. The first-order valence-corrected chi connectivity index (χ1v) is 8.36. The summed E-state index contributed by atoms with van der Waals surface area (Å²) in [5.74, 6) is 5.28. The van der Waals surface area contributed by atoms with Gasteiger partial charge in [0.2, 0.25) is 0 Å². The Balaban J connectivity index is 1.58. The van der Waals surface area contributed by atoms with Gasteiger partial charge in [0.1, 0.15) is 0 Å². The van der Waals surface area contributed by atoms with Gasteiger partial charge in [0, 0.05) is 31.1 Å². The Kier molecular flexibility index (Phi) is 7.12. The van der Waals surface area contributed by atoms with Gasteiger partial charge in [-0.25, -0.2) is 0 Å². The van der Waals surface area contributed by atoms with Gasteiger partial charge in [0.05, 0.1) is 12.2 Å². The molecule has 0 radical (unpaired) electrons. The number of amides is 1. The van der Waals surface area contributed by atoms with Crippen LogP contribution in [0.25, 0.3) is 0 Å². The summed E-state index contributed by atoms with van der Waals surface area (Å²) in [7, 11) is 0. The molecule has 1 aromatic carbocycles. The lowest BCUT2D eigenvalue weighted by Crippen LogP contribution is -2.45. The highest BCUT2D eigenvalue weighted by atomic mass is 16.5. The molecule has 0 spiro atoms. The van der Waals surface area contributed by atoms with Crippen LogP contribution in [0, 0.1) is 11.8 Å². The molecule has 0 aromatic heterocycles. The fourth-order valence-corrected chi connectivity index (χ4v) is 2.82. The van der Waals surface area contributed by atoms with E-state index < -0.39 is 0 Å². The van der Waals surface area contributed by atoms with E-state index in [1.54, 1.807) is 0 Å². The molecule has 2 atom stereocenters. The predicted molar refractivity (Wildman–Crippen MR) is 92.0 cm³/mol. The molecular weight excluding hydrogens is 288 g/mol. The molecule has 1 heterocycles. The zero-order valence-electron chi connectivity index (χ0n) is 14.0. The van der Waals surface area contributed by atoms with Crippen molar-refractivity contribution in [1.82, 2.24) is 10.2 Å². The quantitative estimate of drug-likeness (QED) is 0.668. The second kappa shape index (κ2) is 9.34. The number of hydrogen-bond acceptors (Lipinski definition) is 3. The van der Waals surface area contributed by atoms with Crippen LogP contribution in [0.3, 0.4) is 0 Å². The van der Waals surface area contributed by atoms with E-state index in [2.05, 4.69) is 35.9 Å². The first-order valence-electron chi connectivity index (χ1n) is 8.36. The number of ether oxygens (including phenoxy) is 1. The molecule has 1 saturated heterocycles. The van der Waals surface area contributed by atoms with E-state index in [4.69, 9.17) is 4.74 Å². The Hall–Kier alpha value is -1.83. The maximum atomic E-state index is 11.7. The van der Waals surface area contributed by atoms with Crippen molar-refractivity contribution >= 4 is 5.91 Å². The highest BCUT2D eigenvalue weighted by molar-refractivity contribution is 5.94. The number of nitrogens with one attached hydrogen (secondary N) is 1. The van der Waals surface area contributed by atoms with Crippen molar-refractivity contribution in [3.63, 3.8) is 0 Å². The van der Waals surface area contributed by atoms with E-state index in [1.165, 1.54) is 0 Å². The molecule has 1 fully saturated rings. The van der Waals surface area contributed by atoms with Crippen LogP contribution >= 0.6 is 0 Å². The summed E-state index contributed by atoms with van der Waals surface area (Å²) < 4.78 is 5.72. The molecule has 124 valence electrons. The molecular formula is C19H26N2O2. The summed E-state index contributed by atoms with van der Waals surface area (Å²) in [6.07, 6.45) is 2.67. The summed E-state index contributed by atoms with van der Waals surface area (Å²) in [4.78, 5) is 14.1. The van der Waals surface area contributed by atoms with Gasteiger partial charge in [-0.05, 0) is 45.4 Å². The molecule has 1 aromatic rings. The number of carbonyl (C=O) groups excluding carboxylic acids is 1. The summed E-state index contributed by atoms with van der Waals surface area (Å²) in [5, 5.41) is 2.85. The topological polar surface area (TPSA) is 41.6 Å².